The van der Waals surface area contributed by atoms with E-state index in [9.17, 15) is 4.39 Å². The van der Waals surface area contributed by atoms with Gasteiger partial charge in [-0.2, -0.15) is 5.10 Å². The summed E-state index contributed by atoms with van der Waals surface area (Å²) < 4.78 is 15.8. The van der Waals surface area contributed by atoms with Crippen molar-refractivity contribution < 1.29 is 4.39 Å². The Morgan fingerprint density at radius 2 is 1.83 bits per heavy atom. The zero-order valence-corrected chi connectivity index (χ0v) is 17.4. The fraction of sp³-hybridized carbons (Fsp3) is 0.435. The number of aryl methyl sites for hydroxylation is 2. The van der Waals surface area contributed by atoms with Gasteiger partial charge in [-0.05, 0) is 55.4 Å². The molecular weight excluding hydrogens is 379 g/mol. The predicted molar refractivity (Wildman–Crippen MR) is 114 cm³/mol. The average molecular weight is 407 g/mol. The van der Waals surface area contributed by atoms with Crippen molar-refractivity contribution in [2.45, 2.75) is 32.4 Å². The van der Waals surface area contributed by atoms with Crippen LogP contribution in [0, 0.1) is 24.6 Å². The van der Waals surface area contributed by atoms with Crippen LogP contribution in [0.15, 0.2) is 42.6 Å². The number of benzene rings is 1. The van der Waals surface area contributed by atoms with Gasteiger partial charge in [-0.15, -0.1) is 10.2 Å². The summed E-state index contributed by atoms with van der Waals surface area (Å²) in [4.78, 5) is 2.40. The molecule has 5 rings (SSSR count). The summed E-state index contributed by atoms with van der Waals surface area (Å²) in [5, 5.41) is 16.7. The van der Waals surface area contributed by atoms with Gasteiger partial charge in [0.2, 0.25) is 0 Å². The lowest BCUT2D eigenvalue weighted by Gasteiger charge is -2.20. The molecule has 2 aromatic heterocycles. The third-order valence-corrected chi connectivity index (χ3v) is 6.56. The minimum Gasteiger partial charge on any atom is -0.366 e. The van der Waals surface area contributed by atoms with E-state index in [2.05, 4.69) is 25.5 Å². The number of likely N-dealkylation sites (tertiary alicyclic amines) is 1. The summed E-state index contributed by atoms with van der Waals surface area (Å²) in [7, 11) is 1.92. The minimum absolute atomic E-state index is 0.0996. The van der Waals surface area contributed by atoms with E-state index in [-0.39, 0.29) is 5.82 Å². The highest BCUT2D eigenvalue weighted by molar-refractivity contribution is 5.59. The minimum atomic E-state index is -0.0996. The average Bonchev–Trinajstić information content (AvgIpc) is 3.37. The quantitative estimate of drug-likeness (QED) is 0.701. The second-order valence-corrected chi connectivity index (χ2v) is 8.72. The van der Waals surface area contributed by atoms with Crippen molar-refractivity contribution in [3.8, 4) is 11.4 Å². The Morgan fingerprint density at radius 3 is 2.47 bits per heavy atom. The lowest BCUT2D eigenvalue weighted by molar-refractivity contribution is 0.296. The predicted octanol–water partition coefficient (Wildman–Crippen LogP) is 3.65. The number of fused-ring (bicyclic) bond motifs is 1. The highest BCUT2D eigenvalue weighted by Crippen LogP contribution is 2.39. The first-order valence-corrected chi connectivity index (χ1v) is 10.6. The molecule has 1 saturated heterocycles. The van der Waals surface area contributed by atoms with Gasteiger partial charge in [-0.3, -0.25) is 9.58 Å². The number of hydrogen-bond donors (Lipinski definition) is 1. The molecule has 1 aliphatic heterocycles. The molecule has 2 aliphatic rings. The molecule has 156 valence electrons. The summed E-state index contributed by atoms with van der Waals surface area (Å²) >= 11 is 0. The van der Waals surface area contributed by atoms with E-state index < -0.39 is 0 Å². The number of nitrogens with one attached hydrogen (secondary N) is 1. The van der Waals surface area contributed by atoms with Crippen molar-refractivity contribution in [2.75, 3.05) is 18.4 Å². The number of hydrogen-bond acceptors (Lipinski definition) is 5. The first-order chi connectivity index (χ1) is 14.6. The molecular formula is C23H27FN6. The molecule has 3 heterocycles. The van der Waals surface area contributed by atoms with Crippen molar-refractivity contribution in [1.82, 2.24) is 24.9 Å². The van der Waals surface area contributed by atoms with Gasteiger partial charge >= 0.3 is 0 Å². The van der Waals surface area contributed by atoms with Gasteiger partial charge in [0.25, 0.3) is 0 Å². The third-order valence-electron chi connectivity index (χ3n) is 6.56. The van der Waals surface area contributed by atoms with E-state index in [0.29, 0.717) is 24.4 Å². The lowest BCUT2D eigenvalue weighted by atomic mass is 10.0. The van der Waals surface area contributed by atoms with Crippen LogP contribution in [0.4, 0.5) is 10.2 Å². The van der Waals surface area contributed by atoms with Crippen molar-refractivity contribution in [1.29, 1.82) is 0 Å². The molecule has 0 spiro atoms. The Morgan fingerprint density at radius 1 is 1.07 bits per heavy atom. The molecule has 0 unspecified atom stereocenters. The molecule has 1 N–H and O–H groups in total. The molecule has 2 fully saturated rings. The van der Waals surface area contributed by atoms with E-state index in [0.717, 1.165) is 54.3 Å². The number of halogens is 1. The molecule has 1 saturated carbocycles. The maximum atomic E-state index is 13.9. The summed E-state index contributed by atoms with van der Waals surface area (Å²) in [5.41, 5.74) is 3.73. The zero-order chi connectivity index (χ0) is 20.7. The van der Waals surface area contributed by atoms with Gasteiger partial charge in [-0.1, -0.05) is 18.2 Å². The maximum absolute atomic E-state index is 13.9. The van der Waals surface area contributed by atoms with E-state index in [1.54, 1.807) is 12.1 Å². The molecule has 3 aromatic rings. The van der Waals surface area contributed by atoms with Crippen LogP contribution < -0.4 is 5.32 Å². The first kappa shape index (κ1) is 19.2. The molecule has 0 radical (unpaired) electrons. The van der Waals surface area contributed by atoms with Crippen molar-refractivity contribution in [3.05, 3.63) is 59.5 Å². The molecule has 6 nitrogen and oxygen atoms in total. The topological polar surface area (TPSA) is 58.9 Å². The van der Waals surface area contributed by atoms with E-state index in [4.69, 9.17) is 0 Å². The van der Waals surface area contributed by atoms with Crippen LogP contribution >= 0.6 is 0 Å². The van der Waals surface area contributed by atoms with Crippen LogP contribution in [0.25, 0.3) is 11.4 Å². The van der Waals surface area contributed by atoms with Gasteiger partial charge in [-0.25, -0.2) is 4.39 Å². The fourth-order valence-electron chi connectivity index (χ4n) is 5.17. The molecule has 0 bridgehead atoms. The van der Waals surface area contributed by atoms with Crippen molar-refractivity contribution in [2.24, 2.45) is 18.9 Å². The number of rotatable bonds is 5. The summed E-state index contributed by atoms with van der Waals surface area (Å²) in [6, 6.07) is 11.5. The van der Waals surface area contributed by atoms with E-state index in [1.807, 2.05) is 49.1 Å². The standard InChI is InChI=1S/C23H27FN6/c1-15-11-25-29(2)23(15)21-7-8-22(28-27-21)26-19-9-17-13-30(14-18(17)10-19)12-16-5-3-4-6-20(16)24/h3-8,11,17-19H,9-10,12-14H2,1-2H3,(H,26,28)/t17-,18+,19+. The Labute approximate surface area is 176 Å². The molecule has 30 heavy (non-hydrogen) atoms. The smallest absolute Gasteiger partial charge is 0.148 e. The van der Waals surface area contributed by atoms with E-state index in [1.165, 1.54) is 0 Å². The van der Waals surface area contributed by atoms with Crippen LogP contribution in [0.1, 0.15) is 24.0 Å². The molecule has 1 aliphatic carbocycles. The molecule has 1 aromatic carbocycles. The van der Waals surface area contributed by atoms with Gasteiger partial charge in [0.1, 0.15) is 17.3 Å². The van der Waals surface area contributed by atoms with Gasteiger partial charge in [0.05, 0.1) is 11.9 Å². The Bertz CT molecular complexity index is 997. The fourth-order valence-corrected chi connectivity index (χ4v) is 5.17. The van der Waals surface area contributed by atoms with Crippen LogP contribution in [0.3, 0.4) is 0 Å². The summed E-state index contributed by atoms with van der Waals surface area (Å²) in [5.74, 6) is 2.06. The van der Waals surface area contributed by atoms with Crippen LogP contribution in [-0.2, 0) is 13.6 Å². The monoisotopic (exact) mass is 406 g/mol. The second-order valence-electron chi connectivity index (χ2n) is 8.72. The summed E-state index contributed by atoms with van der Waals surface area (Å²) in [6.07, 6.45) is 4.10. The highest BCUT2D eigenvalue weighted by atomic mass is 19.1. The van der Waals surface area contributed by atoms with Crippen LogP contribution in [0.5, 0.6) is 0 Å². The van der Waals surface area contributed by atoms with Crippen LogP contribution in [-0.4, -0.2) is 44.0 Å². The van der Waals surface area contributed by atoms with Gasteiger partial charge < -0.3 is 5.32 Å². The number of aromatic nitrogens is 4. The van der Waals surface area contributed by atoms with Crippen molar-refractivity contribution in [3.63, 3.8) is 0 Å². The van der Waals surface area contributed by atoms with E-state index >= 15 is 0 Å². The maximum Gasteiger partial charge on any atom is 0.148 e. The van der Waals surface area contributed by atoms with Gasteiger partial charge in [0.15, 0.2) is 0 Å². The number of anilines is 1. The lowest BCUT2D eigenvalue weighted by Crippen LogP contribution is -2.25. The third kappa shape index (κ3) is 3.69. The first-order valence-electron chi connectivity index (χ1n) is 10.6. The zero-order valence-electron chi connectivity index (χ0n) is 17.4. The van der Waals surface area contributed by atoms with Crippen molar-refractivity contribution >= 4 is 5.82 Å². The molecule has 3 atom stereocenters. The van der Waals surface area contributed by atoms with Crippen LogP contribution in [0.2, 0.25) is 0 Å². The summed E-state index contributed by atoms with van der Waals surface area (Å²) in [6.45, 7) is 4.82. The normalized spacial score (nSPS) is 23.6. The molecule has 7 heteroatoms. The number of nitrogens with zero attached hydrogens (tertiary/aromatic N) is 5. The second kappa shape index (κ2) is 7.80. The molecule has 0 amide bonds. The highest BCUT2D eigenvalue weighted by Gasteiger charge is 2.40. The van der Waals surface area contributed by atoms with Gasteiger partial charge in [0, 0.05) is 38.3 Å². The Balaban J connectivity index is 1.17. The largest absolute Gasteiger partial charge is 0.366 e. The Kier molecular flexibility index (Phi) is 4.98. The SMILES string of the molecule is Cc1cnn(C)c1-c1ccc(N[C@H]2C[C@@H]3CN(Cc4ccccc4F)C[C@@H]3C2)nn1. The Hall–Kier alpha value is -2.80.